The Balaban J connectivity index is 2.27. The average Bonchev–Trinajstić information content (AvgIpc) is 2.56. The van der Waals surface area contributed by atoms with Crippen LogP contribution in [-0.4, -0.2) is 24.9 Å². The molecule has 1 aromatic rings. The van der Waals surface area contributed by atoms with Crippen molar-refractivity contribution < 1.29 is 14.0 Å². The molecule has 1 heterocycles. The highest BCUT2D eigenvalue weighted by atomic mass is 16.7. The highest BCUT2D eigenvalue weighted by molar-refractivity contribution is 6.63. The zero-order chi connectivity index (χ0) is 14.1. The summed E-state index contributed by atoms with van der Waals surface area (Å²) in [5.41, 5.74) is 0.0383. The normalized spacial score (nSPS) is 20.1. The zero-order valence-corrected chi connectivity index (χ0v) is 11.8. The molecule has 1 aromatic carbocycles. The Labute approximate surface area is 114 Å². The quantitative estimate of drug-likeness (QED) is 0.778. The fourth-order valence-electron chi connectivity index (χ4n) is 1.89. The van der Waals surface area contributed by atoms with Crippen LogP contribution >= 0.6 is 0 Å². The molecule has 1 saturated heterocycles. The van der Waals surface area contributed by atoms with E-state index in [4.69, 9.17) is 19.3 Å². The van der Waals surface area contributed by atoms with Gasteiger partial charge in [0.25, 0.3) is 0 Å². The van der Waals surface area contributed by atoms with Gasteiger partial charge in [0, 0.05) is 5.46 Å². The molecule has 0 amide bonds. The lowest BCUT2D eigenvalue weighted by Crippen LogP contribution is -2.41. The second-order valence-electron chi connectivity index (χ2n) is 5.57. The van der Waals surface area contributed by atoms with E-state index in [-0.39, 0.29) is 17.8 Å². The molecule has 2 rings (SSSR count). The molecule has 0 saturated carbocycles. The van der Waals surface area contributed by atoms with Crippen LogP contribution in [0.3, 0.4) is 0 Å². The van der Waals surface area contributed by atoms with Crippen LogP contribution in [0, 0.1) is 11.3 Å². The minimum atomic E-state index is -0.472. The minimum absolute atomic E-state index is 0.0104. The maximum absolute atomic E-state index is 8.61. The van der Waals surface area contributed by atoms with E-state index in [0.29, 0.717) is 5.75 Å². The van der Waals surface area contributed by atoms with Crippen molar-refractivity contribution >= 4 is 12.6 Å². The molecule has 4 nitrogen and oxygen atoms in total. The molecule has 0 atom stereocenters. The second-order valence-corrected chi connectivity index (χ2v) is 5.57. The predicted molar refractivity (Wildman–Crippen MR) is 73.3 cm³/mol. The monoisotopic (exact) mass is 259 g/mol. The first-order valence-corrected chi connectivity index (χ1v) is 6.32. The molecule has 100 valence electrons. The number of nitriles is 1. The lowest BCUT2D eigenvalue weighted by Gasteiger charge is -2.32. The molecule has 5 heteroatoms. The fourth-order valence-corrected chi connectivity index (χ4v) is 1.89. The molecule has 0 radical (unpaired) electrons. The summed E-state index contributed by atoms with van der Waals surface area (Å²) in [5, 5.41) is 8.61. The molecule has 0 spiro atoms. The van der Waals surface area contributed by atoms with Gasteiger partial charge in [0.05, 0.1) is 11.2 Å². The summed E-state index contributed by atoms with van der Waals surface area (Å²) < 4.78 is 17.4. The van der Waals surface area contributed by atoms with Gasteiger partial charge in [-0.05, 0) is 33.8 Å². The first-order valence-electron chi connectivity index (χ1n) is 6.32. The summed E-state index contributed by atoms with van der Waals surface area (Å²) in [5.74, 6) is 0.627. The van der Waals surface area contributed by atoms with E-state index in [2.05, 4.69) is 0 Å². The van der Waals surface area contributed by atoms with Crippen molar-refractivity contribution in [2.75, 3.05) is 6.61 Å². The summed E-state index contributed by atoms with van der Waals surface area (Å²) in [6.07, 6.45) is 0. The van der Waals surface area contributed by atoms with E-state index >= 15 is 0 Å². The van der Waals surface area contributed by atoms with Crippen molar-refractivity contribution in [3.05, 3.63) is 24.3 Å². The standard InChI is InChI=1S/C14H18BNO3/c1-13(2)14(3,4)19-15(18-13)11-7-5-6-8-12(11)17-10-9-16/h5-8H,10H2,1-4H3. The van der Waals surface area contributed by atoms with E-state index in [1.165, 1.54) is 0 Å². The Kier molecular flexibility index (Phi) is 3.57. The smallest absolute Gasteiger partial charge is 0.479 e. The van der Waals surface area contributed by atoms with Gasteiger partial charge in [-0.1, -0.05) is 18.2 Å². The van der Waals surface area contributed by atoms with Crippen LogP contribution in [0.1, 0.15) is 27.7 Å². The number of nitrogens with zero attached hydrogens (tertiary/aromatic N) is 1. The average molecular weight is 259 g/mol. The van der Waals surface area contributed by atoms with E-state index < -0.39 is 7.12 Å². The van der Waals surface area contributed by atoms with Gasteiger partial charge in [0.1, 0.15) is 11.8 Å². The highest BCUT2D eigenvalue weighted by Crippen LogP contribution is 2.37. The first-order chi connectivity index (χ1) is 8.87. The van der Waals surface area contributed by atoms with Gasteiger partial charge >= 0.3 is 7.12 Å². The maximum Gasteiger partial charge on any atom is 0.498 e. The summed E-state index contributed by atoms with van der Waals surface area (Å²) in [6.45, 7) is 8.03. The molecule has 0 bridgehead atoms. The number of benzene rings is 1. The maximum atomic E-state index is 8.61. The summed E-state index contributed by atoms with van der Waals surface area (Å²) in [6, 6.07) is 9.44. The predicted octanol–water partition coefficient (Wildman–Crippen LogP) is 1.89. The summed E-state index contributed by atoms with van der Waals surface area (Å²) >= 11 is 0. The SMILES string of the molecule is CC1(C)OB(c2ccccc2OCC#N)OC1(C)C. The first kappa shape index (κ1) is 13.9. The van der Waals surface area contributed by atoms with Gasteiger partial charge in [-0.3, -0.25) is 0 Å². The van der Waals surface area contributed by atoms with Crippen LogP contribution < -0.4 is 10.2 Å². The Bertz CT molecular complexity index is 492. The molecule has 0 N–H and O–H groups in total. The van der Waals surface area contributed by atoms with Crippen molar-refractivity contribution in [3.63, 3.8) is 0 Å². The topological polar surface area (TPSA) is 51.5 Å². The lowest BCUT2D eigenvalue weighted by atomic mass is 9.78. The fraction of sp³-hybridized carbons (Fsp3) is 0.500. The lowest BCUT2D eigenvalue weighted by molar-refractivity contribution is 0.00578. The molecule has 0 aliphatic carbocycles. The van der Waals surface area contributed by atoms with Crippen molar-refractivity contribution in [2.45, 2.75) is 38.9 Å². The molecule has 0 aromatic heterocycles. The molecular weight excluding hydrogens is 241 g/mol. The molecule has 0 unspecified atom stereocenters. The zero-order valence-electron chi connectivity index (χ0n) is 11.8. The molecule has 1 aliphatic heterocycles. The third-order valence-electron chi connectivity index (χ3n) is 3.72. The van der Waals surface area contributed by atoms with E-state index in [1.807, 2.05) is 58.0 Å². The number of hydrogen-bond donors (Lipinski definition) is 0. The highest BCUT2D eigenvalue weighted by Gasteiger charge is 2.52. The van der Waals surface area contributed by atoms with E-state index in [0.717, 1.165) is 5.46 Å². The molecule has 19 heavy (non-hydrogen) atoms. The van der Waals surface area contributed by atoms with Crippen LogP contribution in [-0.2, 0) is 9.31 Å². The number of ether oxygens (including phenoxy) is 1. The Morgan fingerprint density at radius 1 is 1.16 bits per heavy atom. The number of para-hydroxylation sites is 1. The third kappa shape index (κ3) is 2.60. The number of hydrogen-bond acceptors (Lipinski definition) is 4. The number of rotatable bonds is 3. The Morgan fingerprint density at radius 3 is 2.32 bits per heavy atom. The van der Waals surface area contributed by atoms with E-state index in [9.17, 15) is 0 Å². The van der Waals surface area contributed by atoms with Crippen LogP contribution in [0.25, 0.3) is 0 Å². The van der Waals surface area contributed by atoms with E-state index in [1.54, 1.807) is 0 Å². The van der Waals surface area contributed by atoms with Gasteiger partial charge in [-0.25, -0.2) is 0 Å². The van der Waals surface area contributed by atoms with Crippen LogP contribution in [0.15, 0.2) is 24.3 Å². The van der Waals surface area contributed by atoms with Crippen molar-refractivity contribution in [1.29, 1.82) is 5.26 Å². The molecule has 1 fully saturated rings. The Morgan fingerprint density at radius 2 is 1.74 bits per heavy atom. The van der Waals surface area contributed by atoms with Gasteiger partial charge in [-0.2, -0.15) is 5.26 Å². The van der Waals surface area contributed by atoms with Gasteiger partial charge in [-0.15, -0.1) is 0 Å². The van der Waals surface area contributed by atoms with Gasteiger partial charge in [0.15, 0.2) is 6.61 Å². The van der Waals surface area contributed by atoms with Crippen molar-refractivity contribution in [3.8, 4) is 11.8 Å². The van der Waals surface area contributed by atoms with Crippen molar-refractivity contribution in [2.24, 2.45) is 0 Å². The second kappa shape index (κ2) is 4.88. The van der Waals surface area contributed by atoms with Crippen LogP contribution in [0.2, 0.25) is 0 Å². The minimum Gasteiger partial charge on any atom is -0.479 e. The summed E-state index contributed by atoms with van der Waals surface area (Å²) in [7, 11) is -0.472. The molecule has 1 aliphatic rings. The summed E-state index contributed by atoms with van der Waals surface area (Å²) in [4.78, 5) is 0. The van der Waals surface area contributed by atoms with Crippen LogP contribution in [0.4, 0.5) is 0 Å². The van der Waals surface area contributed by atoms with Gasteiger partial charge < -0.3 is 14.0 Å². The van der Waals surface area contributed by atoms with Crippen LogP contribution in [0.5, 0.6) is 5.75 Å². The van der Waals surface area contributed by atoms with Crippen molar-refractivity contribution in [1.82, 2.24) is 0 Å². The molecular formula is C14H18BNO3. The third-order valence-corrected chi connectivity index (χ3v) is 3.72. The Hall–Kier alpha value is -1.51. The van der Waals surface area contributed by atoms with Gasteiger partial charge in [0.2, 0.25) is 0 Å². The largest absolute Gasteiger partial charge is 0.498 e.